The van der Waals surface area contributed by atoms with E-state index in [1.54, 1.807) is 6.92 Å². The molecule has 22 heavy (non-hydrogen) atoms. The quantitative estimate of drug-likeness (QED) is 0.478. The number of nitro benzene ring substituents is 2. The molecule has 0 unspecified atom stereocenters. The van der Waals surface area contributed by atoms with Gasteiger partial charge in [0.15, 0.2) is 0 Å². The molecule has 0 aromatic heterocycles. The molecule has 2 rings (SSSR count). The Hall–Kier alpha value is -3.29. The van der Waals surface area contributed by atoms with Crippen molar-refractivity contribution in [2.24, 2.45) is 5.16 Å². The van der Waals surface area contributed by atoms with E-state index in [4.69, 9.17) is 4.84 Å². The molecular weight excluding hydrogens is 290 g/mol. The minimum atomic E-state index is -0.754. The van der Waals surface area contributed by atoms with Crippen molar-refractivity contribution in [3.63, 3.8) is 0 Å². The average Bonchev–Trinajstić information content (AvgIpc) is 2.53. The first-order valence-electron chi connectivity index (χ1n) is 6.19. The minimum Gasteiger partial charge on any atom is -0.349 e. The Morgan fingerprint density at radius 1 is 1.05 bits per heavy atom. The maximum Gasteiger partial charge on any atom is 0.321 e. The highest BCUT2D eigenvalue weighted by atomic mass is 16.7. The number of benzene rings is 2. The third kappa shape index (κ3) is 3.42. The van der Waals surface area contributed by atoms with Gasteiger partial charge < -0.3 is 4.84 Å². The van der Waals surface area contributed by atoms with Gasteiger partial charge in [0.05, 0.1) is 21.6 Å². The number of nitro groups is 2. The third-order valence-corrected chi connectivity index (χ3v) is 2.82. The predicted molar refractivity (Wildman–Crippen MR) is 79.0 cm³/mol. The van der Waals surface area contributed by atoms with Crippen LogP contribution in [0.1, 0.15) is 12.5 Å². The SMILES string of the molecule is CC(=NOc1ccc([N+](=O)[O-])cc1[N+](=O)[O-])c1ccccc1. The molecule has 0 amide bonds. The van der Waals surface area contributed by atoms with E-state index in [2.05, 4.69) is 5.16 Å². The second-order valence-electron chi connectivity index (χ2n) is 4.30. The van der Waals surface area contributed by atoms with Crippen LogP contribution in [0.4, 0.5) is 11.4 Å². The van der Waals surface area contributed by atoms with E-state index in [0.717, 1.165) is 23.8 Å². The van der Waals surface area contributed by atoms with Gasteiger partial charge in [-0.25, -0.2) is 0 Å². The van der Waals surface area contributed by atoms with Gasteiger partial charge in [-0.3, -0.25) is 20.2 Å². The highest BCUT2D eigenvalue weighted by Crippen LogP contribution is 2.31. The molecule has 0 aliphatic rings. The molecule has 0 atom stereocenters. The monoisotopic (exact) mass is 301 g/mol. The van der Waals surface area contributed by atoms with E-state index in [9.17, 15) is 20.2 Å². The lowest BCUT2D eigenvalue weighted by atomic mass is 10.1. The van der Waals surface area contributed by atoms with Crippen molar-refractivity contribution in [3.8, 4) is 5.75 Å². The van der Waals surface area contributed by atoms with Crippen LogP contribution < -0.4 is 4.84 Å². The number of rotatable bonds is 5. The normalized spacial score (nSPS) is 11.0. The first kappa shape index (κ1) is 15.1. The van der Waals surface area contributed by atoms with Crippen LogP contribution in [-0.4, -0.2) is 15.6 Å². The standard InChI is InChI=1S/C14H11N3O5/c1-10(11-5-3-2-4-6-11)15-22-14-8-7-12(16(18)19)9-13(14)17(20)21/h2-9H,1H3. The van der Waals surface area contributed by atoms with Crippen LogP contribution in [0.25, 0.3) is 0 Å². The van der Waals surface area contributed by atoms with Crippen LogP contribution in [0.5, 0.6) is 5.75 Å². The Bertz CT molecular complexity index is 743. The van der Waals surface area contributed by atoms with Crippen molar-refractivity contribution in [1.29, 1.82) is 0 Å². The van der Waals surface area contributed by atoms with Crippen molar-refractivity contribution < 1.29 is 14.7 Å². The zero-order valence-electron chi connectivity index (χ0n) is 11.5. The molecule has 0 aliphatic carbocycles. The summed E-state index contributed by atoms with van der Waals surface area (Å²) < 4.78 is 0. The maximum absolute atomic E-state index is 11.0. The summed E-state index contributed by atoms with van der Waals surface area (Å²) in [5.41, 5.74) is 0.418. The molecule has 0 bridgehead atoms. The van der Waals surface area contributed by atoms with Crippen LogP contribution in [0.2, 0.25) is 0 Å². The lowest BCUT2D eigenvalue weighted by molar-refractivity contribution is -0.394. The topological polar surface area (TPSA) is 108 Å². The number of hydrogen-bond acceptors (Lipinski definition) is 6. The van der Waals surface area contributed by atoms with E-state index in [-0.39, 0.29) is 11.4 Å². The van der Waals surface area contributed by atoms with E-state index in [0.29, 0.717) is 5.71 Å². The summed E-state index contributed by atoms with van der Waals surface area (Å²) in [4.78, 5) is 25.2. The van der Waals surface area contributed by atoms with Crippen molar-refractivity contribution in [2.45, 2.75) is 6.92 Å². The van der Waals surface area contributed by atoms with Crippen molar-refractivity contribution >= 4 is 17.1 Å². The summed E-state index contributed by atoms with van der Waals surface area (Å²) in [6.45, 7) is 1.69. The van der Waals surface area contributed by atoms with Gasteiger partial charge in [-0.15, -0.1) is 0 Å². The number of nitrogens with zero attached hydrogens (tertiary/aromatic N) is 3. The van der Waals surface area contributed by atoms with E-state index < -0.39 is 15.5 Å². The molecule has 0 aliphatic heterocycles. The average molecular weight is 301 g/mol. The van der Waals surface area contributed by atoms with Crippen molar-refractivity contribution in [1.82, 2.24) is 0 Å². The zero-order chi connectivity index (χ0) is 16.1. The Morgan fingerprint density at radius 3 is 2.32 bits per heavy atom. The summed E-state index contributed by atoms with van der Waals surface area (Å²) in [5.74, 6) is -0.161. The second-order valence-corrected chi connectivity index (χ2v) is 4.30. The van der Waals surface area contributed by atoms with Crippen LogP contribution in [-0.2, 0) is 0 Å². The Morgan fingerprint density at radius 2 is 1.73 bits per heavy atom. The van der Waals surface area contributed by atoms with E-state index >= 15 is 0 Å². The van der Waals surface area contributed by atoms with Gasteiger partial charge in [0.25, 0.3) is 5.69 Å². The van der Waals surface area contributed by atoms with Gasteiger partial charge in [0.2, 0.25) is 5.75 Å². The molecule has 0 heterocycles. The Labute approximate surface area is 124 Å². The zero-order valence-corrected chi connectivity index (χ0v) is 11.5. The maximum atomic E-state index is 11.0. The fourth-order valence-electron chi connectivity index (χ4n) is 1.69. The number of non-ortho nitro benzene ring substituents is 1. The van der Waals surface area contributed by atoms with E-state index in [1.165, 1.54) is 0 Å². The third-order valence-electron chi connectivity index (χ3n) is 2.82. The fraction of sp³-hybridized carbons (Fsp3) is 0.0714. The summed E-state index contributed by atoms with van der Waals surface area (Å²) in [5, 5.41) is 25.4. The van der Waals surface area contributed by atoms with Crippen LogP contribution in [0.3, 0.4) is 0 Å². The number of hydrogen-bond donors (Lipinski definition) is 0. The summed E-state index contributed by atoms with van der Waals surface area (Å²) in [7, 11) is 0. The van der Waals surface area contributed by atoms with Gasteiger partial charge in [-0.2, -0.15) is 0 Å². The van der Waals surface area contributed by atoms with Gasteiger partial charge in [-0.1, -0.05) is 35.5 Å². The highest BCUT2D eigenvalue weighted by molar-refractivity contribution is 5.98. The number of oxime groups is 1. The van der Waals surface area contributed by atoms with Gasteiger partial charge in [-0.05, 0) is 18.6 Å². The lowest BCUT2D eigenvalue weighted by Crippen LogP contribution is -2.00. The molecule has 2 aromatic carbocycles. The first-order chi connectivity index (χ1) is 10.5. The molecule has 8 nitrogen and oxygen atoms in total. The molecule has 0 saturated heterocycles. The molecular formula is C14H11N3O5. The smallest absolute Gasteiger partial charge is 0.321 e. The first-order valence-corrected chi connectivity index (χ1v) is 6.19. The van der Waals surface area contributed by atoms with Crippen LogP contribution in [0, 0.1) is 20.2 Å². The van der Waals surface area contributed by atoms with Crippen molar-refractivity contribution in [2.75, 3.05) is 0 Å². The van der Waals surface area contributed by atoms with E-state index in [1.807, 2.05) is 30.3 Å². The van der Waals surface area contributed by atoms with Gasteiger partial charge in [0.1, 0.15) is 0 Å². The second kappa shape index (κ2) is 6.44. The van der Waals surface area contributed by atoms with Gasteiger partial charge >= 0.3 is 5.69 Å². The van der Waals surface area contributed by atoms with Crippen LogP contribution in [0.15, 0.2) is 53.7 Å². The van der Waals surface area contributed by atoms with Crippen LogP contribution >= 0.6 is 0 Å². The Balaban J connectivity index is 2.30. The molecule has 0 spiro atoms. The molecule has 0 N–H and O–H groups in total. The lowest BCUT2D eigenvalue weighted by Gasteiger charge is -2.03. The molecule has 0 radical (unpaired) electrons. The largest absolute Gasteiger partial charge is 0.349 e. The predicted octanol–water partition coefficient (Wildman–Crippen LogP) is 3.31. The van der Waals surface area contributed by atoms with Crippen molar-refractivity contribution in [3.05, 3.63) is 74.3 Å². The summed E-state index contributed by atoms with van der Waals surface area (Å²) in [6.07, 6.45) is 0. The molecule has 0 saturated carbocycles. The molecule has 8 heteroatoms. The highest BCUT2D eigenvalue weighted by Gasteiger charge is 2.21. The summed E-state index contributed by atoms with van der Waals surface area (Å²) in [6, 6.07) is 12.2. The molecule has 0 fully saturated rings. The van der Waals surface area contributed by atoms with Gasteiger partial charge in [0, 0.05) is 6.07 Å². The fourth-order valence-corrected chi connectivity index (χ4v) is 1.69. The summed E-state index contributed by atoms with van der Waals surface area (Å²) >= 11 is 0. The minimum absolute atomic E-state index is 0.161. The molecule has 112 valence electrons. The Kier molecular flexibility index (Phi) is 4.42. The molecule has 2 aromatic rings.